The van der Waals surface area contributed by atoms with Crippen molar-refractivity contribution in [3.8, 4) is 11.5 Å². The molecule has 0 fully saturated rings. The number of rotatable bonds is 9. The van der Waals surface area contributed by atoms with Crippen molar-refractivity contribution in [1.29, 1.82) is 0 Å². The van der Waals surface area contributed by atoms with E-state index in [4.69, 9.17) is 21.1 Å². The summed E-state index contributed by atoms with van der Waals surface area (Å²) in [5.41, 5.74) is 0.969. The van der Waals surface area contributed by atoms with E-state index in [1.54, 1.807) is 42.5 Å². The maximum absolute atomic E-state index is 13.1. The zero-order chi connectivity index (χ0) is 24.8. The molecule has 0 radical (unpaired) electrons. The van der Waals surface area contributed by atoms with Gasteiger partial charge in [-0.2, -0.15) is 0 Å². The molecule has 0 spiro atoms. The summed E-state index contributed by atoms with van der Waals surface area (Å²) in [6.45, 7) is 2.30. The summed E-state index contributed by atoms with van der Waals surface area (Å²) >= 11 is 6.23. The number of amides is 2. The van der Waals surface area contributed by atoms with Gasteiger partial charge in [0.05, 0.1) is 17.9 Å². The third-order valence-corrected chi connectivity index (χ3v) is 5.55. The van der Waals surface area contributed by atoms with E-state index < -0.39 is 17.8 Å². The highest BCUT2D eigenvalue weighted by molar-refractivity contribution is 6.53. The quantitative estimate of drug-likeness (QED) is 0.229. The molecular formula is C27H23ClN2O5. The molecule has 0 aliphatic carbocycles. The Bertz CT molecular complexity index is 1270. The number of anilines is 2. The molecule has 4 rings (SSSR count). The Morgan fingerprint density at radius 2 is 1.63 bits per heavy atom. The molecule has 0 unspecified atom stereocenters. The second-order valence-electron chi connectivity index (χ2n) is 7.74. The smallest absolute Gasteiger partial charge is 0.338 e. The summed E-state index contributed by atoms with van der Waals surface area (Å²) in [4.78, 5) is 39.1. The molecule has 0 aromatic heterocycles. The Hall–Kier alpha value is -4.10. The molecule has 3 aromatic rings. The van der Waals surface area contributed by atoms with Crippen LogP contribution < -0.4 is 15.0 Å². The minimum Gasteiger partial charge on any atom is -0.462 e. The largest absolute Gasteiger partial charge is 0.462 e. The second kappa shape index (κ2) is 10.9. The van der Waals surface area contributed by atoms with Gasteiger partial charge in [0.25, 0.3) is 11.8 Å². The standard InChI is InChI=1S/C27H23ClN2O5/c1-2-3-16-34-27(33)18-8-7-9-20(17-18)30-25(31)23(28)24(26(30)32)29-19-12-14-22(15-13-19)35-21-10-5-4-6-11-21/h4-15,17,29H,2-3,16H2,1H3. The average Bonchev–Trinajstić information content (AvgIpc) is 3.09. The van der Waals surface area contributed by atoms with Crippen LogP contribution in [0, 0.1) is 0 Å². The van der Waals surface area contributed by atoms with Crippen LogP contribution >= 0.6 is 11.6 Å². The van der Waals surface area contributed by atoms with Gasteiger partial charge in [0.2, 0.25) is 0 Å². The van der Waals surface area contributed by atoms with Gasteiger partial charge in [-0.15, -0.1) is 0 Å². The van der Waals surface area contributed by atoms with Crippen molar-refractivity contribution >= 4 is 40.8 Å². The van der Waals surface area contributed by atoms with Crippen LogP contribution in [-0.4, -0.2) is 24.4 Å². The molecule has 1 aliphatic heterocycles. The van der Waals surface area contributed by atoms with E-state index in [-0.39, 0.29) is 22.0 Å². The fraction of sp³-hybridized carbons (Fsp3) is 0.148. The first kappa shape index (κ1) is 24.0. The van der Waals surface area contributed by atoms with Crippen LogP contribution in [0.1, 0.15) is 30.1 Å². The summed E-state index contributed by atoms with van der Waals surface area (Å²) in [6, 6.07) is 22.4. The van der Waals surface area contributed by atoms with E-state index >= 15 is 0 Å². The lowest BCUT2D eigenvalue weighted by atomic mass is 10.2. The lowest BCUT2D eigenvalue weighted by molar-refractivity contribution is -0.120. The first-order valence-electron chi connectivity index (χ1n) is 11.1. The third-order valence-electron chi connectivity index (χ3n) is 5.20. The molecule has 0 saturated carbocycles. The zero-order valence-electron chi connectivity index (χ0n) is 19.0. The number of carbonyl (C=O) groups is 3. The molecule has 1 N–H and O–H groups in total. The van der Waals surface area contributed by atoms with Crippen LogP contribution in [0.4, 0.5) is 11.4 Å². The number of hydrogen-bond donors (Lipinski definition) is 1. The van der Waals surface area contributed by atoms with Gasteiger partial charge in [-0.3, -0.25) is 9.59 Å². The van der Waals surface area contributed by atoms with Gasteiger partial charge in [0.15, 0.2) is 0 Å². The number of unbranched alkanes of at least 4 members (excludes halogenated alkanes) is 1. The number of ether oxygens (including phenoxy) is 2. The fourth-order valence-corrected chi connectivity index (χ4v) is 3.60. The highest BCUT2D eigenvalue weighted by atomic mass is 35.5. The topological polar surface area (TPSA) is 84.9 Å². The summed E-state index contributed by atoms with van der Waals surface area (Å²) in [7, 11) is 0. The van der Waals surface area contributed by atoms with E-state index in [2.05, 4.69) is 5.32 Å². The number of imide groups is 1. The van der Waals surface area contributed by atoms with E-state index in [1.165, 1.54) is 6.07 Å². The minimum absolute atomic E-state index is 0.0516. The SMILES string of the molecule is CCCCOC(=O)c1cccc(N2C(=O)C(Cl)=C(Nc3ccc(Oc4ccccc4)cc3)C2=O)c1. The minimum atomic E-state index is -0.681. The highest BCUT2D eigenvalue weighted by Crippen LogP contribution is 2.31. The van der Waals surface area contributed by atoms with Crippen molar-refractivity contribution in [1.82, 2.24) is 0 Å². The van der Waals surface area contributed by atoms with Crippen molar-refractivity contribution in [3.05, 3.63) is 95.2 Å². The number of nitrogens with one attached hydrogen (secondary N) is 1. The number of benzene rings is 3. The summed E-state index contributed by atoms with van der Waals surface area (Å²) in [6.07, 6.45) is 1.65. The number of carbonyl (C=O) groups excluding carboxylic acids is 3. The molecule has 7 nitrogen and oxygen atoms in total. The van der Waals surface area contributed by atoms with Crippen LogP contribution in [0.2, 0.25) is 0 Å². The van der Waals surface area contributed by atoms with E-state index in [0.717, 1.165) is 17.7 Å². The van der Waals surface area contributed by atoms with E-state index in [9.17, 15) is 14.4 Å². The first-order chi connectivity index (χ1) is 17.0. The average molecular weight is 491 g/mol. The maximum atomic E-state index is 13.1. The molecule has 1 aliphatic rings. The maximum Gasteiger partial charge on any atom is 0.338 e. The number of esters is 1. The molecule has 0 saturated heterocycles. The predicted octanol–water partition coefficient (Wildman–Crippen LogP) is 5.87. The summed E-state index contributed by atoms with van der Waals surface area (Å²) in [5, 5.41) is 2.68. The molecule has 0 atom stereocenters. The number of halogens is 1. The molecule has 178 valence electrons. The lowest BCUT2D eigenvalue weighted by Gasteiger charge is -2.16. The Labute approximate surface area is 207 Å². The van der Waals surface area contributed by atoms with Gasteiger partial charge < -0.3 is 14.8 Å². The van der Waals surface area contributed by atoms with Crippen LogP contribution in [0.15, 0.2) is 89.6 Å². The van der Waals surface area contributed by atoms with Gasteiger partial charge >= 0.3 is 5.97 Å². The number of para-hydroxylation sites is 1. The van der Waals surface area contributed by atoms with Crippen molar-refractivity contribution < 1.29 is 23.9 Å². The predicted molar refractivity (Wildman–Crippen MR) is 134 cm³/mol. The first-order valence-corrected chi connectivity index (χ1v) is 11.5. The molecule has 8 heteroatoms. The van der Waals surface area contributed by atoms with E-state index in [1.807, 2.05) is 37.3 Å². The molecule has 0 bridgehead atoms. The number of hydrogen-bond acceptors (Lipinski definition) is 6. The summed E-state index contributed by atoms with van der Waals surface area (Å²) in [5.74, 6) is -0.516. The normalized spacial score (nSPS) is 13.3. The Balaban J connectivity index is 1.47. The molecule has 3 aromatic carbocycles. The third kappa shape index (κ3) is 5.53. The Morgan fingerprint density at radius 3 is 2.34 bits per heavy atom. The number of nitrogens with zero attached hydrogens (tertiary/aromatic N) is 1. The van der Waals surface area contributed by atoms with Gasteiger partial charge in [-0.1, -0.05) is 49.2 Å². The Morgan fingerprint density at radius 1 is 0.914 bits per heavy atom. The van der Waals surface area contributed by atoms with Gasteiger partial charge in [0, 0.05) is 5.69 Å². The highest BCUT2D eigenvalue weighted by Gasteiger charge is 2.39. The molecule has 35 heavy (non-hydrogen) atoms. The van der Waals surface area contributed by atoms with Crippen molar-refractivity contribution in [2.45, 2.75) is 19.8 Å². The van der Waals surface area contributed by atoms with E-state index in [0.29, 0.717) is 23.8 Å². The van der Waals surface area contributed by atoms with Crippen molar-refractivity contribution in [2.75, 3.05) is 16.8 Å². The second-order valence-corrected chi connectivity index (χ2v) is 8.12. The van der Waals surface area contributed by atoms with Crippen LogP contribution in [0.25, 0.3) is 0 Å². The van der Waals surface area contributed by atoms with Gasteiger partial charge in [0.1, 0.15) is 22.2 Å². The monoisotopic (exact) mass is 490 g/mol. The molecule has 1 heterocycles. The van der Waals surface area contributed by atoms with Crippen molar-refractivity contribution in [2.24, 2.45) is 0 Å². The Kier molecular flexibility index (Phi) is 7.48. The van der Waals surface area contributed by atoms with Gasteiger partial charge in [-0.05, 0) is 61.0 Å². The van der Waals surface area contributed by atoms with Crippen LogP contribution in [-0.2, 0) is 14.3 Å². The van der Waals surface area contributed by atoms with Crippen LogP contribution in [0.5, 0.6) is 11.5 Å². The van der Waals surface area contributed by atoms with Gasteiger partial charge in [-0.25, -0.2) is 9.69 Å². The summed E-state index contributed by atoms with van der Waals surface area (Å²) < 4.78 is 11.0. The van der Waals surface area contributed by atoms with Crippen LogP contribution in [0.3, 0.4) is 0 Å². The lowest BCUT2D eigenvalue weighted by Crippen LogP contribution is -2.32. The molecule has 2 amide bonds. The van der Waals surface area contributed by atoms with Crippen molar-refractivity contribution in [3.63, 3.8) is 0 Å². The molecular weight excluding hydrogens is 468 g/mol. The zero-order valence-corrected chi connectivity index (χ0v) is 19.7. The fourth-order valence-electron chi connectivity index (χ4n) is 3.39.